The highest BCUT2D eigenvalue weighted by molar-refractivity contribution is 7.83. The lowest BCUT2D eigenvalue weighted by Crippen LogP contribution is -2.26. The van der Waals surface area contributed by atoms with Crippen LogP contribution in [0.25, 0.3) is 0 Å². The number of allylic oxidation sites excluding steroid dienone is 2. The Hall–Kier alpha value is -1.69. The molecule has 0 spiro atoms. The maximum Gasteiger partial charge on any atom is 0.125 e. The third kappa shape index (κ3) is 4.89. The van der Waals surface area contributed by atoms with E-state index in [2.05, 4.69) is 11.3 Å². The maximum atomic E-state index is 12.7. The van der Waals surface area contributed by atoms with Crippen molar-refractivity contribution in [3.05, 3.63) is 76.7 Å². The van der Waals surface area contributed by atoms with Crippen LogP contribution >= 0.6 is 11.3 Å². The Morgan fingerprint density at radius 3 is 2.70 bits per heavy atom. The van der Waals surface area contributed by atoms with Crippen molar-refractivity contribution in [2.45, 2.75) is 24.8 Å². The van der Waals surface area contributed by atoms with E-state index in [1.165, 1.54) is 0 Å². The van der Waals surface area contributed by atoms with Gasteiger partial charge in [0.2, 0.25) is 0 Å². The summed E-state index contributed by atoms with van der Waals surface area (Å²) in [5.74, 6) is 0.713. The van der Waals surface area contributed by atoms with Gasteiger partial charge in [-0.1, -0.05) is 36.4 Å². The topological polar surface area (TPSA) is 38.3 Å². The highest BCUT2D eigenvalue weighted by atomic mass is 32.2. The van der Waals surface area contributed by atoms with Crippen LogP contribution in [-0.4, -0.2) is 10.8 Å². The fraction of sp³-hybridized carbons (Fsp3) is 0.222. The van der Waals surface area contributed by atoms with Gasteiger partial charge >= 0.3 is 0 Å². The van der Waals surface area contributed by atoms with Crippen LogP contribution in [0.5, 0.6) is 0 Å². The predicted octanol–water partition coefficient (Wildman–Crippen LogP) is 4.52. The van der Waals surface area contributed by atoms with Crippen molar-refractivity contribution < 1.29 is 8.95 Å². The van der Waals surface area contributed by atoms with E-state index >= 15 is 0 Å². The van der Waals surface area contributed by atoms with Crippen molar-refractivity contribution in [3.63, 3.8) is 0 Å². The lowest BCUT2D eigenvalue weighted by atomic mass is 10.2. The van der Waals surface area contributed by atoms with Gasteiger partial charge in [-0.25, -0.2) is 8.93 Å². The summed E-state index contributed by atoms with van der Waals surface area (Å²) in [6, 6.07) is 11.4. The predicted molar refractivity (Wildman–Crippen MR) is 97.7 cm³/mol. The Labute approximate surface area is 144 Å². The van der Waals surface area contributed by atoms with Crippen molar-refractivity contribution in [2.75, 3.05) is 6.61 Å². The summed E-state index contributed by atoms with van der Waals surface area (Å²) in [7, 11) is -1.33. The molecular weight excluding hydrogens is 326 g/mol. The standard InChI is InChI=1S/C18H21NO2S2/c1-4-7-16(21-5-2)18(17-8-6-13-22-17)19-23(20)15-11-9-14(3)10-12-15/h4,6-13,18-19H,1,5H2,2-3H3/b16-7+/t18-,23-/m1/s1. The Balaban J connectivity index is 2.27. The van der Waals surface area contributed by atoms with Gasteiger partial charge < -0.3 is 4.74 Å². The minimum absolute atomic E-state index is 0.268. The Bertz CT molecular complexity index is 676. The second-order valence-corrected chi connectivity index (χ2v) is 7.11. The highest BCUT2D eigenvalue weighted by Gasteiger charge is 2.21. The maximum absolute atomic E-state index is 12.7. The van der Waals surface area contributed by atoms with E-state index in [1.54, 1.807) is 17.4 Å². The molecule has 2 rings (SSSR count). The van der Waals surface area contributed by atoms with Crippen LogP contribution in [0, 0.1) is 6.92 Å². The van der Waals surface area contributed by atoms with Crippen molar-refractivity contribution in [2.24, 2.45) is 0 Å². The molecule has 23 heavy (non-hydrogen) atoms. The molecule has 1 aromatic carbocycles. The molecule has 0 amide bonds. The SMILES string of the molecule is C=C/C=C(/OCC)[C@@H](N[S@](=O)c1ccc(C)cc1)c1cccs1. The number of hydrogen-bond acceptors (Lipinski definition) is 3. The zero-order chi connectivity index (χ0) is 16.7. The lowest BCUT2D eigenvalue weighted by Gasteiger charge is -2.20. The molecule has 2 atom stereocenters. The fourth-order valence-corrected chi connectivity index (χ4v) is 3.89. The lowest BCUT2D eigenvalue weighted by molar-refractivity contribution is 0.207. The number of rotatable bonds is 8. The average molecular weight is 348 g/mol. The van der Waals surface area contributed by atoms with E-state index in [0.29, 0.717) is 12.4 Å². The van der Waals surface area contributed by atoms with Gasteiger partial charge in [0.05, 0.1) is 11.5 Å². The van der Waals surface area contributed by atoms with Crippen LogP contribution in [0.1, 0.15) is 23.4 Å². The minimum atomic E-state index is -1.33. The molecule has 3 nitrogen and oxygen atoms in total. The van der Waals surface area contributed by atoms with Gasteiger partial charge in [-0.15, -0.1) is 11.3 Å². The average Bonchev–Trinajstić information content (AvgIpc) is 3.07. The Morgan fingerprint density at radius 1 is 1.39 bits per heavy atom. The highest BCUT2D eigenvalue weighted by Crippen LogP contribution is 2.28. The number of thiophene rings is 1. The molecule has 0 saturated heterocycles. The van der Waals surface area contributed by atoms with E-state index in [1.807, 2.05) is 61.7 Å². The van der Waals surface area contributed by atoms with Crippen LogP contribution in [0.15, 0.2) is 71.2 Å². The third-order valence-corrected chi connectivity index (χ3v) is 5.25. The van der Waals surface area contributed by atoms with Gasteiger partial charge in [0.1, 0.15) is 22.8 Å². The van der Waals surface area contributed by atoms with E-state index in [4.69, 9.17) is 4.74 Å². The van der Waals surface area contributed by atoms with Gasteiger partial charge in [-0.2, -0.15) is 0 Å². The summed E-state index contributed by atoms with van der Waals surface area (Å²) in [6.45, 7) is 8.22. The summed E-state index contributed by atoms with van der Waals surface area (Å²) in [5.41, 5.74) is 1.14. The molecular formula is C18H21NO2S2. The molecule has 0 saturated carbocycles. The smallest absolute Gasteiger partial charge is 0.125 e. The van der Waals surface area contributed by atoms with E-state index < -0.39 is 11.0 Å². The third-order valence-electron chi connectivity index (χ3n) is 3.17. The van der Waals surface area contributed by atoms with Crippen LogP contribution in [-0.2, 0) is 15.7 Å². The molecule has 1 N–H and O–H groups in total. The van der Waals surface area contributed by atoms with Gasteiger partial charge in [-0.3, -0.25) is 0 Å². The second-order valence-electron chi connectivity index (χ2n) is 4.89. The van der Waals surface area contributed by atoms with Crippen molar-refractivity contribution >= 4 is 22.3 Å². The molecule has 0 fully saturated rings. The number of nitrogens with one attached hydrogen (secondary N) is 1. The first-order valence-electron chi connectivity index (χ1n) is 7.39. The van der Waals surface area contributed by atoms with Crippen molar-refractivity contribution in [1.82, 2.24) is 4.72 Å². The second kappa shape index (κ2) is 8.82. The van der Waals surface area contributed by atoms with Crippen LogP contribution in [0.3, 0.4) is 0 Å². The van der Waals surface area contributed by atoms with Gasteiger partial charge in [0.15, 0.2) is 0 Å². The molecule has 1 aromatic heterocycles. The quantitative estimate of drug-likeness (QED) is 0.563. The zero-order valence-electron chi connectivity index (χ0n) is 13.3. The molecule has 0 aliphatic rings. The van der Waals surface area contributed by atoms with E-state index in [-0.39, 0.29) is 6.04 Å². The summed E-state index contributed by atoms with van der Waals surface area (Å²) >= 11 is 1.60. The van der Waals surface area contributed by atoms with Gasteiger partial charge in [0.25, 0.3) is 0 Å². The molecule has 5 heteroatoms. The molecule has 1 heterocycles. The Kier molecular flexibility index (Phi) is 6.77. The van der Waals surface area contributed by atoms with Gasteiger partial charge in [-0.05, 0) is 43.5 Å². The first-order valence-corrected chi connectivity index (χ1v) is 9.42. The first-order chi connectivity index (χ1) is 11.2. The van der Waals surface area contributed by atoms with Crippen LogP contribution in [0.4, 0.5) is 0 Å². The normalized spacial score (nSPS) is 14.3. The summed E-state index contributed by atoms with van der Waals surface area (Å²) < 4.78 is 21.6. The number of benzene rings is 1. The van der Waals surface area contributed by atoms with Crippen LogP contribution < -0.4 is 4.72 Å². The zero-order valence-corrected chi connectivity index (χ0v) is 15.0. The van der Waals surface area contributed by atoms with E-state index in [0.717, 1.165) is 15.3 Å². The molecule has 0 aliphatic heterocycles. The number of hydrogen-bond donors (Lipinski definition) is 1. The molecule has 0 aliphatic carbocycles. The summed E-state index contributed by atoms with van der Waals surface area (Å²) in [6.07, 6.45) is 3.50. The largest absolute Gasteiger partial charge is 0.496 e. The minimum Gasteiger partial charge on any atom is -0.496 e. The molecule has 122 valence electrons. The molecule has 0 unspecified atom stereocenters. The van der Waals surface area contributed by atoms with Crippen molar-refractivity contribution in [1.29, 1.82) is 0 Å². The summed E-state index contributed by atoms with van der Waals surface area (Å²) in [5, 5.41) is 2.00. The Morgan fingerprint density at radius 2 is 2.13 bits per heavy atom. The van der Waals surface area contributed by atoms with E-state index in [9.17, 15) is 4.21 Å². The van der Waals surface area contributed by atoms with Crippen molar-refractivity contribution in [3.8, 4) is 0 Å². The fourth-order valence-electron chi connectivity index (χ4n) is 2.06. The monoisotopic (exact) mass is 347 g/mol. The van der Waals surface area contributed by atoms with Crippen LogP contribution in [0.2, 0.25) is 0 Å². The molecule has 0 bridgehead atoms. The molecule has 0 radical (unpaired) electrons. The first kappa shape index (κ1) is 17.7. The number of ether oxygens (including phenoxy) is 1. The summed E-state index contributed by atoms with van der Waals surface area (Å²) in [4.78, 5) is 1.79. The number of aryl methyl sites for hydroxylation is 1. The molecule has 2 aromatic rings. The van der Waals surface area contributed by atoms with Gasteiger partial charge in [0, 0.05) is 4.88 Å².